The van der Waals surface area contributed by atoms with Crippen LogP contribution in [-0.2, 0) is 14.4 Å². The molecule has 1 heterocycles. The predicted molar refractivity (Wildman–Crippen MR) is 134 cm³/mol. The Hall–Kier alpha value is -3.33. The van der Waals surface area contributed by atoms with E-state index in [1.807, 2.05) is 20.8 Å². The number of carbonyl (C=O) groups is 3. The van der Waals surface area contributed by atoms with E-state index in [1.165, 1.54) is 17.5 Å². The number of aromatic nitrogens is 1. The van der Waals surface area contributed by atoms with Crippen LogP contribution in [0.5, 0.6) is 0 Å². The van der Waals surface area contributed by atoms with Crippen molar-refractivity contribution in [3.8, 4) is 0 Å². The van der Waals surface area contributed by atoms with Crippen LogP contribution in [0.2, 0.25) is 0 Å². The molecule has 6 N–H and O–H groups in total. The van der Waals surface area contributed by atoms with Gasteiger partial charge in [-0.2, -0.15) is 0 Å². The van der Waals surface area contributed by atoms with Crippen molar-refractivity contribution in [2.45, 2.75) is 65.5 Å². The maximum Gasteiger partial charge on any atom is 0.266 e. The third kappa shape index (κ3) is 10.5. The fraction of sp³-hybridized carbons (Fsp3) is 0.667. The predicted octanol–water partition coefficient (Wildman–Crippen LogP) is 1.37. The van der Waals surface area contributed by atoms with Crippen molar-refractivity contribution in [3.05, 3.63) is 21.7 Å². The lowest BCUT2D eigenvalue weighted by Gasteiger charge is -2.33. The molecule has 0 saturated heterocycles. The van der Waals surface area contributed by atoms with Crippen LogP contribution in [0.1, 0.15) is 53.4 Å². The molecule has 0 bridgehead atoms. The number of carbonyl (C=O) groups excluding carboxylic acids is 3. The van der Waals surface area contributed by atoms with Crippen LogP contribution in [0, 0.1) is 27.9 Å². The van der Waals surface area contributed by atoms with Crippen molar-refractivity contribution in [2.75, 3.05) is 11.9 Å². The van der Waals surface area contributed by atoms with Gasteiger partial charge in [0.2, 0.25) is 18.2 Å². The van der Waals surface area contributed by atoms with Gasteiger partial charge < -0.3 is 21.7 Å². The van der Waals surface area contributed by atoms with Crippen LogP contribution in [0.15, 0.2) is 16.7 Å². The zero-order valence-corrected chi connectivity index (χ0v) is 21.7. The molecule has 0 unspecified atom stereocenters. The molecule has 202 valence electrons. The van der Waals surface area contributed by atoms with E-state index in [-0.39, 0.29) is 24.8 Å². The summed E-state index contributed by atoms with van der Waals surface area (Å²) in [6.45, 7) is 7.61. The summed E-state index contributed by atoms with van der Waals surface area (Å²) in [6, 6.07) is -1.76. The molecule has 0 aliphatic rings. The number of anilines is 1. The number of nitrogens with two attached hydrogens (primary N) is 1. The zero-order chi connectivity index (χ0) is 27.3. The first-order chi connectivity index (χ1) is 17.0. The third-order valence-corrected chi connectivity index (χ3v) is 6.15. The van der Waals surface area contributed by atoms with Gasteiger partial charge in [0.05, 0.1) is 12.0 Å². The molecule has 0 spiro atoms. The first kappa shape index (κ1) is 30.7. The molecular formula is C21H36N8O6S. The summed E-state index contributed by atoms with van der Waals surface area (Å²) in [6.07, 6.45) is 3.51. The number of nitro groups is 1. The Bertz CT molecular complexity index is 882. The third-order valence-electron chi connectivity index (χ3n) is 5.47. The first-order valence-corrected chi connectivity index (χ1v) is 12.5. The fourth-order valence-electron chi connectivity index (χ4n) is 3.75. The average molecular weight is 529 g/mol. The molecule has 0 saturated carbocycles. The van der Waals surface area contributed by atoms with Crippen LogP contribution in [0.3, 0.4) is 0 Å². The summed E-state index contributed by atoms with van der Waals surface area (Å²) in [5, 5.41) is 33.3. The van der Waals surface area contributed by atoms with Crippen LogP contribution >= 0.6 is 11.3 Å². The van der Waals surface area contributed by atoms with Gasteiger partial charge in [0, 0.05) is 18.1 Å². The second-order valence-corrected chi connectivity index (χ2v) is 9.70. The minimum absolute atomic E-state index is 0.0771. The number of guanidine groups is 1. The number of hydrazone groups is 1. The van der Waals surface area contributed by atoms with E-state index in [2.05, 4.69) is 26.0 Å². The smallest absolute Gasteiger partial charge is 0.266 e. The van der Waals surface area contributed by atoms with Gasteiger partial charge in [-0.05, 0) is 31.1 Å². The van der Waals surface area contributed by atoms with Gasteiger partial charge in [-0.3, -0.25) is 19.6 Å². The lowest BCUT2D eigenvalue weighted by atomic mass is 9.86. The summed E-state index contributed by atoms with van der Waals surface area (Å²) in [5.74, 6) is -2.47. The van der Waals surface area contributed by atoms with Gasteiger partial charge in [-0.25, -0.2) is 20.2 Å². The Morgan fingerprint density at radius 1 is 1.33 bits per heavy atom. The van der Waals surface area contributed by atoms with E-state index >= 15 is 0 Å². The maximum absolute atomic E-state index is 13.5. The van der Waals surface area contributed by atoms with Crippen molar-refractivity contribution in [3.63, 3.8) is 0 Å². The van der Waals surface area contributed by atoms with E-state index in [9.17, 15) is 29.7 Å². The minimum atomic E-state index is -1.00. The number of hydroxylamine groups is 2. The molecule has 15 heteroatoms. The monoisotopic (exact) mass is 528 g/mol. The highest BCUT2D eigenvalue weighted by Crippen LogP contribution is 2.24. The first-order valence-electron chi connectivity index (χ1n) is 11.7. The Labute approximate surface area is 213 Å². The van der Waals surface area contributed by atoms with Crippen LogP contribution in [0.25, 0.3) is 0 Å². The van der Waals surface area contributed by atoms with Crippen LogP contribution in [-0.4, -0.2) is 63.1 Å². The summed E-state index contributed by atoms with van der Waals surface area (Å²) in [7, 11) is 0. The number of amides is 3. The molecule has 36 heavy (non-hydrogen) atoms. The Morgan fingerprint density at radius 2 is 2.03 bits per heavy atom. The summed E-state index contributed by atoms with van der Waals surface area (Å²) in [5.41, 5.74) is 5.44. The summed E-state index contributed by atoms with van der Waals surface area (Å²) >= 11 is 1.22. The van der Waals surface area contributed by atoms with Gasteiger partial charge in [-0.15, -0.1) is 11.3 Å². The van der Waals surface area contributed by atoms with Crippen LogP contribution in [0.4, 0.5) is 5.13 Å². The quantitative estimate of drug-likeness (QED) is 0.0523. The van der Waals surface area contributed by atoms with Crippen molar-refractivity contribution >= 4 is 40.7 Å². The second kappa shape index (κ2) is 15.6. The zero-order valence-electron chi connectivity index (χ0n) is 20.9. The van der Waals surface area contributed by atoms with Gasteiger partial charge in [0.15, 0.2) is 10.2 Å². The fourth-order valence-corrected chi connectivity index (χ4v) is 4.28. The number of hydrogen-bond acceptors (Lipinski definition) is 8. The number of thiazole rings is 1. The number of nitrogens with zero attached hydrogens (tertiary/aromatic N) is 4. The van der Waals surface area contributed by atoms with Crippen molar-refractivity contribution < 1.29 is 24.6 Å². The van der Waals surface area contributed by atoms with E-state index in [1.54, 1.807) is 12.3 Å². The lowest BCUT2D eigenvalue weighted by Crippen LogP contribution is -2.53. The highest BCUT2D eigenvalue weighted by molar-refractivity contribution is 7.13. The molecule has 0 fully saturated rings. The average Bonchev–Trinajstić information content (AvgIpc) is 3.31. The molecule has 0 aliphatic heterocycles. The Kier molecular flexibility index (Phi) is 13.3. The molecule has 1 aromatic heterocycles. The molecule has 3 amide bonds. The minimum Gasteiger partial charge on any atom is -0.365 e. The van der Waals surface area contributed by atoms with Gasteiger partial charge in [-0.1, -0.05) is 34.1 Å². The SMILES string of the molecule is CCC[C@H]([C@H](CC(C)C)C(=O)N[C@@H](C(=O)Nc1nccs1)[C@@H](C)CCN/C(N)=N\[N+](=O)[O-])N(O)C=O. The highest BCUT2D eigenvalue weighted by atomic mass is 32.1. The van der Waals surface area contributed by atoms with Crippen molar-refractivity contribution in [1.82, 2.24) is 20.7 Å². The van der Waals surface area contributed by atoms with Crippen LogP contribution < -0.4 is 21.7 Å². The summed E-state index contributed by atoms with van der Waals surface area (Å²) in [4.78, 5) is 52.4. The second-order valence-electron chi connectivity index (χ2n) is 8.81. The Balaban J connectivity index is 3.12. The van der Waals surface area contributed by atoms with Crippen molar-refractivity contribution in [2.24, 2.45) is 28.6 Å². The lowest BCUT2D eigenvalue weighted by molar-refractivity contribution is -0.485. The van der Waals surface area contributed by atoms with Gasteiger partial charge >= 0.3 is 0 Å². The van der Waals surface area contributed by atoms with E-state index in [0.29, 0.717) is 35.9 Å². The molecular weight excluding hydrogens is 492 g/mol. The number of nitrogens with one attached hydrogen (secondary N) is 3. The molecule has 1 aromatic rings. The summed E-state index contributed by atoms with van der Waals surface area (Å²) < 4.78 is 0. The van der Waals surface area contributed by atoms with Gasteiger partial charge in [0.25, 0.3) is 5.96 Å². The Morgan fingerprint density at radius 3 is 2.56 bits per heavy atom. The molecule has 1 rings (SSSR count). The molecule has 0 aromatic carbocycles. The highest BCUT2D eigenvalue weighted by Gasteiger charge is 2.36. The molecule has 4 atom stereocenters. The number of hydrogen-bond donors (Lipinski definition) is 5. The molecule has 0 aliphatic carbocycles. The van der Waals surface area contributed by atoms with Gasteiger partial charge in [0.1, 0.15) is 11.1 Å². The maximum atomic E-state index is 13.5. The standard InChI is InChI=1S/C21H36N8O6S/c1-5-6-16(28(33)12-30)15(11-13(2)3)18(31)25-17(19(32)26-21-24-9-10-36-21)14(4)7-8-23-20(22)27-29(34)35/h9-10,12-17,33H,5-8,11H2,1-4H3,(H,25,31)(H3,22,23,27)(H,24,26,32)/t14-,15-,16+,17+/m0/s1. The topological polar surface area (TPSA) is 205 Å². The van der Waals surface area contributed by atoms with E-state index in [0.717, 1.165) is 0 Å². The van der Waals surface area contributed by atoms with Crippen molar-refractivity contribution in [1.29, 1.82) is 0 Å². The molecule has 14 nitrogen and oxygen atoms in total. The van der Waals surface area contributed by atoms with E-state index in [4.69, 9.17) is 5.73 Å². The largest absolute Gasteiger partial charge is 0.365 e. The normalized spacial score (nSPS) is 14.9. The number of rotatable bonds is 16. The molecule has 0 radical (unpaired) electrons. The van der Waals surface area contributed by atoms with E-state index < -0.39 is 40.8 Å².